The van der Waals surface area contributed by atoms with Gasteiger partial charge in [-0.3, -0.25) is 0 Å². The van der Waals surface area contributed by atoms with E-state index in [0.717, 1.165) is 37.2 Å². The van der Waals surface area contributed by atoms with E-state index in [2.05, 4.69) is 11.0 Å². The molecule has 0 aromatic heterocycles. The molecule has 2 N–H and O–H groups in total. The Morgan fingerprint density at radius 3 is 2.50 bits per heavy atom. The molecular weight excluding hydrogens is 222 g/mol. The van der Waals surface area contributed by atoms with Crippen molar-refractivity contribution in [3.63, 3.8) is 0 Å². The fourth-order valence-corrected chi connectivity index (χ4v) is 1.98. The zero-order valence-corrected chi connectivity index (χ0v) is 9.91. The summed E-state index contributed by atoms with van der Waals surface area (Å²) in [6.45, 7) is 1.92. The van der Waals surface area contributed by atoms with Crippen LogP contribution in [-0.4, -0.2) is 19.1 Å². The zero-order valence-electron chi connectivity index (χ0n) is 9.10. The first kappa shape index (κ1) is 12.8. The van der Waals surface area contributed by atoms with Gasteiger partial charge in [-0.2, -0.15) is 5.26 Å². The van der Waals surface area contributed by atoms with Gasteiger partial charge in [0.2, 0.25) is 0 Å². The average molecular weight is 238 g/mol. The van der Waals surface area contributed by atoms with Gasteiger partial charge in [0.15, 0.2) is 0 Å². The van der Waals surface area contributed by atoms with Gasteiger partial charge in [-0.15, -0.1) is 12.4 Å². The van der Waals surface area contributed by atoms with Crippen LogP contribution >= 0.6 is 12.4 Å². The van der Waals surface area contributed by atoms with Crippen molar-refractivity contribution < 1.29 is 0 Å². The number of benzene rings is 1. The van der Waals surface area contributed by atoms with Gasteiger partial charge in [-0.25, -0.2) is 0 Å². The monoisotopic (exact) mass is 237 g/mol. The van der Waals surface area contributed by atoms with Crippen molar-refractivity contribution in [1.29, 1.82) is 5.26 Å². The van der Waals surface area contributed by atoms with E-state index in [9.17, 15) is 0 Å². The first-order valence-electron chi connectivity index (χ1n) is 5.31. The van der Waals surface area contributed by atoms with Gasteiger partial charge in [-0.1, -0.05) is 12.1 Å². The molecular formula is C12H16ClN3. The molecule has 1 aliphatic rings. The third-order valence-electron chi connectivity index (χ3n) is 2.90. The van der Waals surface area contributed by atoms with Crippen molar-refractivity contribution in [3.8, 4) is 6.07 Å². The number of hydrogen-bond acceptors (Lipinski definition) is 3. The van der Waals surface area contributed by atoms with Crippen LogP contribution in [-0.2, 0) is 0 Å². The van der Waals surface area contributed by atoms with Gasteiger partial charge in [0.05, 0.1) is 11.3 Å². The maximum absolute atomic E-state index is 9.00. The summed E-state index contributed by atoms with van der Waals surface area (Å²) in [7, 11) is 0. The van der Waals surface area contributed by atoms with E-state index in [1.807, 2.05) is 24.3 Å². The Morgan fingerprint density at radius 2 is 1.88 bits per heavy atom. The smallest absolute Gasteiger partial charge is 0.101 e. The number of piperidine rings is 1. The molecule has 0 spiro atoms. The maximum Gasteiger partial charge on any atom is 0.101 e. The number of nitrogens with two attached hydrogens (primary N) is 1. The summed E-state index contributed by atoms with van der Waals surface area (Å²) < 4.78 is 0. The Bertz CT molecular complexity index is 378. The lowest BCUT2D eigenvalue weighted by Crippen LogP contribution is -2.39. The van der Waals surface area contributed by atoms with Crippen molar-refractivity contribution in [3.05, 3.63) is 29.8 Å². The quantitative estimate of drug-likeness (QED) is 0.812. The van der Waals surface area contributed by atoms with Crippen LogP contribution in [0.4, 0.5) is 5.69 Å². The van der Waals surface area contributed by atoms with E-state index < -0.39 is 0 Å². The van der Waals surface area contributed by atoms with Crippen LogP contribution in [0.1, 0.15) is 18.4 Å². The van der Waals surface area contributed by atoms with Gasteiger partial charge in [0.25, 0.3) is 0 Å². The number of rotatable bonds is 1. The van der Waals surface area contributed by atoms with Crippen molar-refractivity contribution in [2.24, 2.45) is 5.73 Å². The van der Waals surface area contributed by atoms with Crippen molar-refractivity contribution in [1.82, 2.24) is 0 Å². The molecule has 86 valence electrons. The minimum Gasteiger partial charge on any atom is -0.370 e. The lowest BCUT2D eigenvalue weighted by atomic mass is 10.0. The summed E-state index contributed by atoms with van der Waals surface area (Å²) in [5, 5.41) is 9.00. The Balaban J connectivity index is 0.00000128. The second kappa shape index (κ2) is 5.74. The van der Waals surface area contributed by atoms with Crippen LogP contribution in [0.2, 0.25) is 0 Å². The van der Waals surface area contributed by atoms with E-state index in [0.29, 0.717) is 6.04 Å². The number of nitriles is 1. The number of anilines is 1. The third kappa shape index (κ3) is 2.66. The van der Waals surface area contributed by atoms with Crippen LogP contribution in [0.3, 0.4) is 0 Å². The van der Waals surface area contributed by atoms with Gasteiger partial charge < -0.3 is 10.6 Å². The fourth-order valence-electron chi connectivity index (χ4n) is 1.98. The standard InChI is InChI=1S/C12H15N3.ClH/c13-9-10-3-1-2-4-12(10)15-7-5-11(14)6-8-15;/h1-4,11H,5-8,14H2;1H. The highest BCUT2D eigenvalue weighted by Gasteiger charge is 2.17. The molecule has 0 atom stereocenters. The number of para-hydroxylation sites is 1. The molecule has 0 aliphatic carbocycles. The summed E-state index contributed by atoms with van der Waals surface area (Å²) in [6.07, 6.45) is 2.03. The average Bonchev–Trinajstić information content (AvgIpc) is 2.30. The highest BCUT2D eigenvalue weighted by atomic mass is 35.5. The predicted octanol–water partition coefficient (Wildman–Crippen LogP) is 1.91. The highest BCUT2D eigenvalue weighted by Crippen LogP contribution is 2.22. The molecule has 0 bridgehead atoms. The van der Waals surface area contributed by atoms with Crippen LogP contribution in [0.25, 0.3) is 0 Å². The molecule has 0 amide bonds. The number of halogens is 1. The summed E-state index contributed by atoms with van der Waals surface area (Å²) in [5.74, 6) is 0. The Kier molecular flexibility index (Phi) is 4.60. The first-order valence-corrected chi connectivity index (χ1v) is 5.31. The zero-order chi connectivity index (χ0) is 10.7. The largest absolute Gasteiger partial charge is 0.370 e. The maximum atomic E-state index is 9.00. The Labute approximate surface area is 102 Å². The number of nitrogens with zero attached hydrogens (tertiary/aromatic N) is 2. The van der Waals surface area contributed by atoms with E-state index in [1.54, 1.807) is 0 Å². The predicted molar refractivity (Wildman–Crippen MR) is 67.8 cm³/mol. The number of hydrogen-bond donors (Lipinski definition) is 1. The van der Waals surface area contributed by atoms with Gasteiger partial charge >= 0.3 is 0 Å². The molecule has 1 aliphatic heterocycles. The first-order chi connectivity index (χ1) is 7.31. The summed E-state index contributed by atoms with van der Waals surface area (Å²) in [4.78, 5) is 2.25. The molecule has 0 saturated carbocycles. The van der Waals surface area contributed by atoms with Crippen LogP contribution in [0.15, 0.2) is 24.3 Å². The Morgan fingerprint density at radius 1 is 1.25 bits per heavy atom. The van der Waals surface area contributed by atoms with Gasteiger partial charge in [0, 0.05) is 19.1 Å². The van der Waals surface area contributed by atoms with Crippen molar-refractivity contribution in [2.75, 3.05) is 18.0 Å². The summed E-state index contributed by atoms with van der Waals surface area (Å²) >= 11 is 0. The topological polar surface area (TPSA) is 53.0 Å². The molecule has 0 radical (unpaired) electrons. The van der Waals surface area contributed by atoms with Crippen LogP contribution in [0.5, 0.6) is 0 Å². The molecule has 1 fully saturated rings. The van der Waals surface area contributed by atoms with E-state index in [4.69, 9.17) is 11.0 Å². The molecule has 3 nitrogen and oxygen atoms in total. The lowest BCUT2D eigenvalue weighted by Gasteiger charge is -2.32. The third-order valence-corrected chi connectivity index (χ3v) is 2.90. The lowest BCUT2D eigenvalue weighted by molar-refractivity contribution is 0.501. The van der Waals surface area contributed by atoms with E-state index in [-0.39, 0.29) is 12.4 Å². The molecule has 1 aromatic rings. The van der Waals surface area contributed by atoms with E-state index >= 15 is 0 Å². The van der Waals surface area contributed by atoms with Gasteiger partial charge in [-0.05, 0) is 25.0 Å². The molecule has 1 aromatic carbocycles. The molecule has 4 heteroatoms. The minimum atomic E-state index is 0. The highest BCUT2D eigenvalue weighted by molar-refractivity contribution is 5.85. The molecule has 1 heterocycles. The Hall–Kier alpha value is -1.24. The SMILES string of the molecule is Cl.N#Cc1ccccc1N1CCC(N)CC1. The van der Waals surface area contributed by atoms with Gasteiger partial charge in [0.1, 0.15) is 6.07 Å². The van der Waals surface area contributed by atoms with E-state index in [1.165, 1.54) is 0 Å². The molecule has 16 heavy (non-hydrogen) atoms. The molecule has 1 saturated heterocycles. The second-order valence-electron chi connectivity index (χ2n) is 3.95. The minimum absolute atomic E-state index is 0. The fraction of sp³-hybridized carbons (Fsp3) is 0.417. The second-order valence-corrected chi connectivity index (χ2v) is 3.95. The van der Waals surface area contributed by atoms with Crippen LogP contribution < -0.4 is 10.6 Å². The van der Waals surface area contributed by atoms with Crippen LogP contribution in [0, 0.1) is 11.3 Å². The normalized spacial score (nSPS) is 16.4. The van der Waals surface area contributed by atoms with Crippen molar-refractivity contribution >= 4 is 18.1 Å². The molecule has 2 rings (SSSR count). The summed E-state index contributed by atoms with van der Waals surface area (Å²) in [6, 6.07) is 10.3. The molecule has 0 unspecified atom stereocenters. The summed E-state index contributed by atoms with van der Waals surface area (Å²) in [5.41, 5.74) is 7.66. The van der Waals surface area contributed by atoms with Crippen molar-refractivity contribution in [2.45, 2.75) is 18.9 Å².